The molecule has 1 unspecified atom stereocenters. The molecule has 0 heterocycles. The molecule has 0 fully saturated rings. The molecule has 2 N–H and O–H groups in total. The Balaban J connectivity index is 3.17. The molecule has 0 bridgehead atoms. The molecule has 0 spiro atoms. The number of aliphatic hydroxyl groups excluding tert-OH is 1. The summed E-state index contributed by atoms with van der Waals surface area (Å²) in [5.41, 5.74) is -0.601. The number of aliphatic hydroxyl groups is 1. The maximum absolute atomic E-state index is 13.1. The van der Waals surface area contributed by atoms with E-state index < -0.39 is 29.3 Å². The molecule has 0 aliphatic carbocycles. The zero-order chi connectivity index (χ0) is 11.6. The standard InChI is InChI=1S/C10H10F2O3/c1-5(13)2-6-3-7(10(14)15)9(12)4-8(6)11/h3-5,13H,2H2,1H3,(H,14,15). The summed E-state index contributed by atoms with van der Waals surface area (Å²) in [6, 6.07) is 1.42. The molecule has 82 valence electrons. The van der Waals surface area contributed by atoms with Crippen LogP contribution in [-0.2, 0) is 6.42 Å². The van der Waals surface area contributed by atoms with Gasteiger partial charge >= 0.3 is 5.97 Å². The van der Waals surface area contributed by atoms with Gasteiger partial charge in [-0.1, -0.05) is 0 Å². The summed E-state index contributed by atoms with van der Waals surface area (Å²) in [4.78, 5) is 10.5. The molecule has 0 radical (unpaired) electrons. The van der Waals surface area contributed by atoms with E-state index in [1.54, 1.807) is 0 Å². The Labute approximate surface area is 85.0 Å². The fourth-order valence-corrected chi connectivity index (χ4v) is 1.23. The van der Waals surface area contributed by atoms with Gasteiger partial charge in [-0.3, -0.25) is 0 Å². The normalized spacial score (nSPS) is 12.5. The second-order valence-electron chi connectivity index (χ2n) is 3.28. The van der Waals surface area contributed by atoms with Crippen molar-refractivity contribution in [3.8, 4) is 0 Å². The number of carboxylic acid groups (broad SMARTS) is 1. The first-order chi connectivity index (χ1) is 6.91. The summed E-state index contributed by atoms with van der Waals surface area (Å²) in [6.45, 7) is 1.43. The summed E-state index contributed by atoms with van der Waals surface area (Å²) in [7, 11) is 0. The fraction of sp³-hybridized carbons (Fsp3) is 0.300. The molecule has 1 rings (SSSR count). The van der Waals surface area contributed by atoms with Crippen LogP contribution in [0.15, 0.2) is 12.1 Å². The van der Waals surface area contributed by atoms with Crippen molar-refractivity contribution in [2.45, 2.75) is 19.4 Å². The Bertz CT molecular complexity index is 388. The van der Waals surface area contributed by atoms with Gasteiger partial charge in [0.15, 0.2) is 0 Å². The van der Waals surface area contributed by atoms with Crippen molar-refractivity contribution in [2.24, 2.45) is 0 Å². The summed E-state index contributed by atoms with van der Waals surface area (Å²) >= 11 is 0. The van der Waals surface area contributed by atoms with Crippen LogP contribution >= 0.6 is 0 Å². The van der Waals surface area contributed by atoms with Crippen LogP contribution < -0.4 is 0 Å². The minimum Gasteiger partial charge on any atom is -0.478 e. The SMILES string of the molecule is CC(O)Cc1cc(C(=O)O)c(F)cc1F. The second-order valence-corrected chi connectivity index (χ2v) is 3.28. The van der Waals surface area contributed by atoms with Crippen molar-refractivity contribution in [1.82, 2.24) is 0 Å². The summed E-state index contributed by atoms with van der Waals surface area (Å²) in [6.07, 6.45) is -0.863. The highest BCUT2D eigenvalue weighted by atomic mass is 19.1. The predicted octanol–water partition coefficient (Wildman–Crippen LogP) is 1.59. The lowest BCUT2D eigenvalue weighted by atomic mass is 10.0. The van der Waals surface area contributed by atoms with E-state index in [1.165, 1.54) is 6.92 Å². The van der Waals surface area contributed by atoms with Crippen molar-refractivity contribution in [1.29, 1.82) is 0 Å². The monoisotopic (exact) mass is 216 g/mol. The minimum atomic E-state index is -1.46. The van der Waals surface area contributed by atoms with Gasteiger partial charge < -0.3 is 10.2 Å². The average Bonchev–Trinajstić information content (AvgIpc) is 2.08. The van der Waals surface area contributed by atoms with Crippen LogP contribution in [0, 0.1) is 11.6 Å². The van der Waals surface area contributed by atoms with Gasteiger partial charge in [0.2, 0.25) is 0 Å². The second kappa shape index (κ2) is 4.35. The lowest BCUT2D eigenvalue weighted by Gasteiger charge is -2.07. The molecule has 0 amide bonds. The third kappa shape index (κ3) is 2.73. The highest BCUT2D eigenvalue weighted by Crippen LogP contribution is 2.16. The van der Waals surface area contributed by atoms with E-state index in [1.807, 2.05) is 0 Å². The molecule has 1 atom stereocenters. The van der Waals surface area contributed by atoms with E-state index in [0.29, 0.717) is 6.07 Å². The van der Waals surface area contributed by atoms with E-state index in [4.69, 9.17) is 10.2 Å². The Morgan fingerprint density at radius 1 is 1.40 bits per heavy atom. The molecule has 1 aromatic carbocycles. The number of carboxylic acids is 1. The molecule has 0 aromatic heterocycles. The van der Waals surface area contributed by atoms with Gasteiger partial charge in [-0.25, -0.2) is 13.6 Å². The lowest BCUT2D eigenvalue weighted by molar-refractivity contribution is 0.0691. The van der Waals surface area contributed by atoms with E-state index in [-0.39, 0.29) is 12.0 Å². The van der Waals surface area contributed by atoms with Crippen LogP contribution in [0.2, 0.25) is 0 Å². The van der Waals surface area contributed by atoms with E-state index >= 15 is 0 Å². The zero-order valence-corrected chi connectivity index (χ0v) is 8.00. The first-order valence-corrected chi connectivity index (χ1v) is 4.31. The van der Waals surface area contributed by atoms with Gasteiger partial charge in [0.05, 0.1) is 11.7 Å². The van der Waals surface area contributed by atoms with Crippen LogP contribution in [-0.4, -0.2) is 22.3 Å². The molecule has 1 aromatic rings. The van der Waals surface area contributed by atoms with E-state index in [9.17, 15) is 13.6 Å². The molecular formula is C10H10F2O3. The smallest absolute Gasteiger partial charge is 0.338 e. The van der Waals surface area contributed by atoms with Crippen LogP contribution in [0.25, 0.3) is 0 Å². The van der Waals surface area contributed by atoms with Gasteiger partial charge in [0.25, 0.3) is 0 Å². The number of carbonyl (C=O) groups is 1. The number of aromatic carboxylic acids is 1. The topological polar surface area (TPSA) is 57.5 Å². The average molecular weight is 216 g/mol. The number of hydrogen-bond acceptors (Lipinski definition) is 2. The highest BCUT2D eigenvalue weighted by molar-refractivity contribution is 5.88. The predicted molar refractivity (Wildman–Crippen MR) is 48.7 cm³/mol. The Morgan fingerprint density at radius 2 is 2.00 bits per heavy atom. The summed E-state index contributed by atoms with van der Waals surface area (Å²) in [5.74, 6) is -3.42. The molecule has 3 nitrogen and oxygen atoms in total. The number of hydrogen-bond donors (Lipinski definition) is 2. The summed E-state index contributed by atoms with van der Waals surface area (Å²) in [5, 5.41) is 17.6. The number of halogens is 2. The Hall–Kier alpha value is -1.49. The third-order valence-corrected chi connectivity index (χ3v) is 1.88. The fourth-order valence-electron chi connectivity index (χ4n) is 1.23. The van der Waals surface area contributed by atoms with Gasteiger partial charge in [0, 0.05) is 12.5 Å². The van der Waals surface area contributed by atoms with Crippen LogP contribution in [0.5, 0.6) is 0 Å². The quantitative estimate of drug-likeness (QED) is 0.806. The first-order valence-electron chi connectivity index (χ1n) is 4.31. The van der Waals surface area contributed by atoms with Crippen molar-refractivity contribution < 1.29 is 23.8 Å². The van der Waals surface area contributed by atoms with Gasteiger partial charge in [0.1, 0.15) is 11.6 Å². The van der Waals surface area contributed by atoms with Crippen molar-refractivity contribution in [2.75, 3.05) is 0 Å². The van der Waals surface area contributed by atoms with E-state index in [0.717, 1.165) is 6.07 Å². The molecular weight excluding hydrogens is 206 g/mol. The number of benzene rings is 1. The zero-order valence-electron chi connectivity index (χ0n) is 8.00. The highest BCUT2D eigenvalue weighted by Gasteiger charge is 2.15. The van der Waals surface area contributed by atoms with Crippen LogP contribution in [0.1, 0.15) is 22.8 Å². The van der Waals surface area contributed by atoms with Crippen molar-refractivity contribution in [3.05, 3.63) is 34.9 Å². The van der Waals surface area contributed by atoms with Gasteiger partial charge in [-0.2, -0.15) is 0 Å². The molecule has 0 saturated heterocycles. The van der Waals surface area contributed by atoms with Crippen molar-refractivity contribution >= 4 is 5.97 Å². The van der Waals surface area contributed by atoms with Crippen LogP contribution in [0.4, 0.5) is 8.78 Å². The molecule has 0 aliphatic heterocycles. The largest absolute Gasteiger partial charge is 0.478 e. The van der Waals surface area contributed by atoms with E-state index in [2.05, 4.69) is 0 Å². The molecule has 5 heteroatoms. The molecule has 0 aliphatic rings. The van der Waals surface area contributed by atoms with Gasteiger partial charge in [-0.15, -0.1) is 0 Å². The number of rotatable bonds is 3. The molecule has 15 heavy (non-hydrogen) atoms. The third-order valence-electron chi connectivity index (χ3n) is 1.88. The Kier molecular flexibility index (Phi) is 3.36. The van der Waals surface area contributed by atoms with Gasteiger partial charge in [-0.05, 0) is 18.6 Å². The van der Waals surface area contributed by atoms with Crippen molar-refractivity contribution in [3.63, 3.8) is 0 Å². The summed E-state index contributed by atoms with van der Waals surface area (Å²) < 4.78 is 26.0. The Morgan fingerprint density at radius 3 is 2.47 bits per heavy atom. The minimum absolute atomic E-state index is 0.0104. The lowest BCUT2D eigenvalue weighted by Crippen LogP contribution is -2.09. The maximum atomic E-state index is 13.1. The maximum Gasteiger partial charge on any atom is 0.338 e. The molecule has 0 saturated carbocycles. The first kappa shape index (κ1) is 11.6. The van der Waals surface area contributed by atoms with Crippen LogP contribution in [0.3, 0.4) is 0 Å².